The van der Waals surface area contributed by atoms with E-state index in [-0.39, 0.29) is 5.91 Å². The lowest BCUT2D eigenvalue weighted by Crippen LogP contribution is -2.38. The van der Waals surface area contributed by atoms with Gasteiger partial charge in [0, 0.05) is 51.2 Å². The van der Waals surface area contributed by atoms with Crippen molar-refractivity contribution in [1.29, 1.82) is 0 Å². The van der Waals surface area contributed by atoms with Crippen LogP contribution in [0.4, 0.5) is 11.7 Å². The smallest absolute Gasteiger partial charge is 0.299 e. The summed E-state index contributed by atoms with van der Waals surface area (Å²) < 4.78 is 5.83. The zero-order chi connectivity index (χ0) is 19.9. The van der Waals surface area contributed by atoms with Crippen LogP contribution in [0.5, 0.6) is 0 Å². The summed E-state index contributed by atoms with van der Waals surface area (Å²) in [4.78, 5) is 27.2. The fourth-order valence-electron chi connectivity index (χ4n) is 3.65. The number of nitrogens with one attached hydrogen (secondary N) is 2. The molecular weight excluding hydrogens is 368 g/mol. The van der Waals surface area contributed by atoms with E-state index in [0.29, 0.717) is 36.1 Å². The molecule has 0 aromatic carbocycles. The molecule has 0 radical (unpaired) electrons. The first-order chi connectivity index (χ1) is 14.3. The number of aromatic nitrogens is 3. The van der Waals surface area contributed by atoms with Crippen LogP contribution in [-0.2, 0) is 4.79 Å². The molecule has 1 fully saturated rings. The van der Waals surface area contributed by atoms with Crippen molar-refractivity contribution >= 4 is 28.8 Å². The minimum absolute atomic E-state index is 0.109. The van der Waals surface area contributed by atoms with Crippen LogP contribution in [-0.4, -0.2) is 47.0 Å². The predicted octanol–water partition coefficient (Wildman–Crippen LogP) is 2.84. The van der Waals surface area contributed by atoms with Gasteiger partial charge in [0.15, 0.2) is 5.58 Å². The number of fused-ring (bicyclic) bond motifs is 1. The zero-order valence-electron chi connectivity index (χ0n) is 16.4. The lowest BCUT2D eigenvalue weighted by molar-refractivity contribution is -0.122. The van der Waals surface area contributed by atoms with E-state index in [4.69, 9.17) is 4.42 Å². The Balaban J connectivity index is 1.19. The van der Waals surface area contributed by atoms with Crippen molar-refractivity contribution in [3.8, 4) is 0 Å². The van der Waals surface area contributed by atoms with Crippen molar-refractivity contribution in [2.24, 2.45) is 5.92 Å². The predicted molar refractivity (Wildman–Crippen MR) is 112 cm³/mol. The highest BCUT2D eigenvalue weighted by Gasteiger charge is 2.25. The number of pyridine rings is 2. The number of carbonyl (C=O) groups is 1. The highest BCUT2D eigenvalue weighted by molar-refractivity contribution is 5.76. The molecule has 3 aromatic heterocycles. The van der Waals surface area contributed by atoms with Crippen molar-refractivity contribution in [1.82, 2.24) is 20.3 Å². The van der Waals surface area contributed by atoms with E-state index in [1.165, 1.54) is 0 Å². The molecule has 29 heavy (non-hydrogen) atoms. The second kappa shape index (κ2) is 9.36. The van der Waals surface area contributed by atoms with Crippen LogP contribution < -0.4 is 15.5 Å². The van der Waals surface area contributed by atoms with Crippen molar-refractivity contribution in [2.45, 2.75) is 25.7 Å². The van der Waals surface area contributed by atoms with Gasteiger partial charge in [-0.2, -0.15) is 4.98 Å². The first-order valence-electron chi connectivity index (χ1n) is 10.1. The molecule has 0 aliphatic carbocycles. The number of amides is 1. The third-order valence-corrected chi connectivity index (χ3v) is 5.08. The minimum atomic E-state index is 0.109. The summed E-state index contributed by atoms with van der Waals surface area (Å²) in [7, 11) is 0. The van der Waals surface area contributed by atoms with E-state index in [2.05, 4.69) is 30.5 Å². The number of hydrogen-bond acceptors (Lipinski definition) is 7. The molecule has 152 valence electrons. The van der Waals surface area contributed by atoms with Gasteiger partial charge in [0.25, 0.3) is 6.01 Å². The van der Waals surface area contributed by atoms with Crippen molar-refractivity contribution in [3.05, 3.63) is 42.9 Å². The molecule has 8 heteroatoms. The lowest BCUT2D eigenvalue weighted by Gasteiger charge is -2.31. The standard InChI is InChI=1S/C21H26N6O2/c28-19(24-11-4-10-23-17-6-1-8-22-14-17)13-16-5-3-12-27(15-16)21-26-20-18(29-21)7-2-9-25-20/h1-2,6-9,14,16,23H,3-5,10-13,15H2,(H,24,28). The van der Waals surface area contributed by atoms with E-state index < -0.39 is 0 Å². The zero-order valence-corrected chi connectivity index (χ0v) is 16.4. The van der Waals surface area contributed by atoms with Crippen molar-refractivity contribution in [2.75, 3.05) is 36.4 Å². The Morgan fingerprint density at radius 1 is 1.24 bits per heavy atom. The summed E-state index contributed by atoms with van der Waals surface area (Å²) in [5.74, 6) is 0.415. The Kier molecular flexibility index (Phi) is 6.19. The van der Waals surface area contributed by atoms with Crippen molar-refractivity contribution in [3.63, 3.8) is 0 Å². The first kappa shape index (κ1) is 19.2. The average molecular weight is 394 g/mol. The molecule has 4 rings (SSSR count). The van der Waals surface area contributed by atoms with Gasteiger partial charge in [-0.15, -0.1) is 0 Å². The maximum absolute atomic E-state index is 12.3. The molecule has 1 aliphatic rings. The van der Waals surface area contributed by atoms with Crippen LogP contribution in [0.15, 0.2) is 47.3 Å². The topological polar surface area (TPSA) is 96.2 Å². The second-order valence-electron chi connectivity index (χ2n) is 7.35. The molecular formula is C21H26N6O2. The quantitative estimate of drug-likeness (QED) is 0.567. The summed E-state index contributed by atoms with van der Waals surface area (Å²) in [5.41, 5.74) is 2.32. The Morgan fingerprint density at radius 2 is 2.17 bits per heavy atom. The van der Waals surface area contributed by atoms with Gasteiger partial charge in [0.1, 0.15) is 0 Å². The third-order valence-electron chi connectivity index (χ3n) is 5.08. The molecule has 8 nitrogen and oxygen atoms in total. The summed E-state index contributed by atoms with van der Waals surface area (Å²) in [5, 5.41) is 6.32. The van der Waals surface area contributed by atoms with Gasteiger partial charge in [0.05, 0.1) is 5.69 Å². The van der Waals surface area contributed by atoms with Crippen LogP contribution in [0.3, 0.4) is 0 Å². The fraction of sp³-hybridized carbons (Fsp3) is 0.429. The van der Waals surface area contributed by atoms with Gasteiger partial charge < -0.3 is 20.0 Å². The second-order valence-corrected chi connectivity index (χ2v) is 7.35. The third kappa shape index (κ3) is 5.22. The largest absolute Gasteiger partial charge is 0.422 e. The van der Waals surface area contributed by atoms with E-state index >= 15 is 0 Å². The number of carbonyl (C=O) groups excluding carboxylic acids is 1. The van der Waals surface area contributed by atoms with Crippen LogP contribution in [0.2, 0.25) is 0 Å². The molecule has 3 aromatic rings. The molecule has 1 amide bonds. The minimum Gasteiger partial charge on any atom is -0.422 e. The average Bonchev–Trinajstić information content (AvgIpc) is 3.19. The van der Waals surface area contributed by atoms with Gasteiger partial charge in [0.2, 0.25) is 11.6 Å². The molecule has 0 spiro atoms. The van der Waals surface area contributed by atoms with Gasteiger partial charge >= 0.3 is 0 Å². The summed E-state index contributed by atoms with van der Waals surface area (Å²) in [6, 6.07) is 8.19. The highest BCUT2D eigenvalue weighted by atomic mass is 16.4. The molecule has 0 saturated carbocycles. The SMILES string of the molecule is O=C(CC1CCCN(c2nc3ncccc3o2)C1)NCCCNc1cccnc1. The normalized spacial score (nSPS) is 16.7. The van der Waals surface area contributed by atoms with Crippen LogP contribution >= 0.6 is 0 Å². The number of hydrogen-bond donors (Lipinski definition) is 2. The van der Waals surface area contributed by atoms with E-state index in [9.17, 15) is 4.79 Å². The Labute approximate surface area is 169 Å². The summed E-state index contributed by atoms with van der Waals surface area (Å²) in [6.45, 7) is 3.14. The number of oxazole rings is 1. The van der Waals surface area contributed by atoms with Gasteiger partial charge in [-0.1, -0.05) is 0 Å². The lowest BCUT2D eigenvalue weighted by atomic mass is 9.94. The Morgan fingerprint density at radius 3 is 3.03 bits per heavy atom. The number of anilines is 2. The van der Waals surface area contributed by atoms with E-state index in [1.807, 2.05) is 24.3 Å². The molecule has 0 bridgehead atoms. The van der Waals surface area contributed by atoms with E-state index in [0.717, 1.165) is 44.6 Å². The number of rotatable bonds is 8. The maximum Gasteiger partial charge on any atom is 0.299 e. The van der Waals surface area contributed by atoms with E-state index in [1.54, 1.807) is 18.6 Å². The highest BCUT2D eigenvalue weighted by Crippen LogP contribution is 2.26. The first-order valence-corrected chi connectivity index (χ1v) is 10.1. The van der Waals surface area contributed by atoms with Crippen LogP contribution in [0.1, 0.15) is 25.7 Å². The molecule has 1 aliphatic heterocycles. The Bertz CT molecular complexity index is 896. The maximum atomic E-state index is 12.3. The summed E-state index contributed by atoms with van der Waals surface area (Å²) in [6.07, 6.45) is 8.73. The monoisotopic (exact) mass is 394 g/mol. The van der Waals surface area contributed by atoms with Crippen LogP contribution in [0, 0.1) is 5.92 Å². The number of piperidine rings is 1. The molecule has 1 unspecified atom stereocenters. The Hall–Kier alpha value is -3.16. The fourth-order valence-corrected chi connectivity index (χ4v) is 3.65. The summed E-state index contributed by atoms with van der Waals surface area (Å²) >= 11 is 0. The van der Waals surface area contributed by atoms with Gasteiger partial charge in [-0.25, -0.2) is 4.98 Å². The van der Waals surface area contributed by atoms with Crippen molar-refractivity contribution < 1.29 is 9.21 Å². The number of nitrogens with zero attached hydrogens (tertiary/aromatic N) is 4. The molecule has 1 saturated heterocycles. The molecule has 2 N–H and O–H groups in total. The van der Waals surface area contributed by atoms with Gasteiger partial charge in [-0.05, 0) is 49.4 Å². The van der Waals surface area contributed by atoms with Crippen LogP contribution in [0.25, 0.3) is 11.2 Å². The molecule has 4 heterocycles. The van der Waals surface area contributed by atoms with Gasteiger partial charge in [-0.3, -0.25) is 9.78 Å². The molecule has 1 atom stereocenters.